The van der Waals surface area contributed by atoms with Crippen molar-refractivity contribution < 1.29 is 4.74 Å². The van der Waals surface area contributed by atoms with Crippen LogP contribution in [0.3, 0.4) is 0 Å². The average Bonchev–Trinajstić information content (AvgIpc) is 2.80. The zero-order valence-electron chi connectivity index (χ0n) is 16.8. The van der Waals surface area contributed by atoms with Crippen LogP contribution in [0.2, 0.25) is 0 Å². The predicted octanol–water partition coefficient (Wildman–Crippen LogP) is 2.34. The predicted molar refractivity (Wildman–Crippen MR) is 119 cm³/mol. The zero-order valence-corrected chi connectivity index (χ0v) is 16.8. The molecule has 0 aliphatic rings. The average molecular weight is 414 g/mol. The molecule has 2 aromatic heterocycles. The summed E-state index contributed by atoms with van der Waals surface area (Å²) in [6.45, 7) is 1.16. The molecular formula is C23H22N6O2. The molecule has 0 amide bonds. The molecular weight excluding hydrogens is 392 g/mol. The van der Waals surface area contributed by atoms with Gasteiger partial charge in [0.25, 0.3) is 5.56 Å². The number of nitrogens with two attached hydrogens (primary N) is 2. The lowest BCUT2D eigenvalue weighted by Crippen LogP contribution is -2.22. The number of nitrogen functional groups attached to an aromatic ring is 1. The van der Waals surface area contributed by atoms with Crippen molar-refractivity contribution in [1.82, 2.24) is 19.7 Å². The molecule has 2 heterocycles. The molecule has 0 saturated heterocycles. The third-order valence-corrected chi connectivity index (χ3v) is 4.58. The van der Waals surface area contributed by atoms with Crippen LogP contribution in [0.25, 0.3) is 22.6 Å². The minimum absolute atomic E-state index is 0.185. The number of hydrogen-bond donors (Lipinski definition) is 2. The fraction of sp³-hybridized carbons (Fsp3) is 0.130. The maximum Gasteiger partial charge on any atom is 0.267 e. The van der Waals surface area contributed by atoms with Crippen LogP contribution in [0, 0.1) is 0 Å². The Morgan fingerprint density at radius 2 is 1.71 bits per heavy atom. The second-order valence-corrected chi connectivity index (χ2v) is 6.92. The molecule has 0 unspecified atom stereocenters. The highest BCUT2D eigenvalue weighted by molar-refractivity contribution is 5.63. The van der Waals surface area contributed by atoms with E-state index < -0.39 is 0 Å². The van der Waals surface area contributed by atoms with Crippen LogP contribution in [-0.2, 0) is 6.54 Å². The van der Waals surface area contributed by atoms with Crippen LogP contribution in [0.5, 0.6) is 5.75 Å². The van der Waals surface area contributed by atoms with E-state index >= 15 is 0 Å². The maximum atomic E-state index is 12.4. The van der Waals surface area contributed by atoms with E-state index in [1.165, 1.54) is 10.7 Å². The van der Waals surface area contributed by atoms with Gasteiger partial charge in [0.05, 0.1) is 24.6 Å². The smallest absolute Gasteiger partial charge is 0.267 e. The van der Waals surface area contributed by atoms with Crippen LogP contribution in [0.4, 0.5) is 5.69 Å². The fourth-order valence-corrected chi connectivity index (χ4v) is 3.11. The van der Waals surface area contributed by atoms with Gasteiger partial charge in [0.1, 0.15) is 6.61 Å². The summed E-state index contributed by atoms with van der Waals surface area (Å²) in [5.74, 6) is 1.13. The Balaban J connectivity index is 1.58. The summed E-state index contributed by atoms with van der Waals surface area (Å²) in [6, 6.07) is 18.3. The van der Waals surface area contributed by atoms with E-state index in [1.54, 1.807) is 18.5 Å². The van der Waals surface area contributed by atoms with Crippen molar-refractivity contribution in [3.8, 4) is 28.4 Å². The SMILES string of the molecule is NCCOc1cnc(-c2cccc(Cn3nc(-c4cccc(N)c4)ccc3=O)c2)nc1. The molecule has 8 nitrogen and oxygen atoms in total. The van der Waals surface area contributed by atoms with Crippen molar-refractivity contribution in [1.29, 1.82) is 0 Å². The topological polar surface area (TPSA) is 122 Å². The second kappa shape index (κ2) is 9.19. The fourth-order valence-electron chi connectivity index (χ4n) is 3.11. The van der Waals surface area contributed by atoms with E-state index in [0.717, 1.165) is 16.7 Å². The lowest BCUT2D eigenvalue weighted by molar-refractivity contribution is 0.325. The van der Waals surface area contributed by atoms with E-state index in [9.17, 15) is 4.79 Å². The van der Waals surface area contributed by atoms with Gasteiger partial charge in [0.15, 0.2) is 11.6 Å². The van der Waals surface area contributed by atoms with E-state index in [0.29, 0.717) is 42.7 Å². The summed E-state index contributed by atoms with van der Waals surface area (Å²) >= 11 is 0. The normalized spacial score (nSPS) is 10.7. The van der Waals surface area contributed by atoms with E-state index in [1.807, 2.05) is 48.5 Å². The van der Waals surface area contributed by atoms with Crippen molar-refractivity contribution in [2.45, 2.75) is 6.54 Å². The molecule has 0 saturated carbocycles. The Labute approximate surface area is 179 Å². The molecule has 0 spiro atoms. The van der Waals surface area contributed by atoms with Gasteiger partial charge >= 0.3 is 0 Å². The summed E-state index contributed by atoms with van der Waals surface area (Å²) in [5, 5.41) is 4.51. The Bertz CT molecular complexity index is 1240. The summed E-state index contributed by atoms with van der Waals surface area (Å²) in [6.07, 6.45) is 3.23. The summed E-state index contributed by atoms with van der Waals surface area (Å²) in [7, 11) is 0. The van der Waals surface area contributed by atoms with Gasteiger partial charge < -0.3 is 16.2 Å². The second-order valence-electron chi connectivity index (χ2n) is 6.92. The molecule has 0 aliphatic carbocycles. The highest BCUT2D eigenvalue weighted by Gasteiger charge is 2.07. The Hall–Kier alpha value is -4.04. The number of rotatable bonds is 7. The molecule has 4 aromatic rings. The maximum absolute atomic E-state index is 12.4. The number of benzene rings is 2. The van der Waals surface area contributed by atoms with Gasteiger partial charge in [-0.05, 0) is 29.8 Å². The molecule has 0 atom stereocenters. The lowest BCUT2D eigenvalue weighted by atomic mass is 10.1. The Morgan fingerprint density at radius 3 is 2.48 bits per heavy atom. The largest absolute Gasteiger partial charge is 0.489 e. The minimum Gasteiger partial charge on any atom is -0.489 e. The Kier molecular flexibility index (Phi) is 6.00. The quantitative estimate of drug-likeness (QED) is 0.445. The van der Waals surface area contributed by atoms with Crippen molar-refractivity contribution in [3.05, 3.63) is 89.0 Å². The number of ether oxygens (including phenoxy) is 1. The zero-order chi connectivity index (χ0) is 21.6. The van der Waals surface area contributed by atoms with Crippen molar-refractivity contribution >= 4 is 5.69 Å². The number of nitrogens with zero attached hydrogens (tertiary/aromatic N) is 4. The van der Waals surface area contributed by atoms with Crippen LogP contribution in [0.15, 0.2) is 77.9 Å². The molecule has 4 rings (SSSR count). The van der Waals surface area contributed by atoms with Gasteiger partial charge in [0.2, 0.25) is 0 Å². The first-order valence-corrected chi connectivity index (χ1v) is 9.81. The molecule has 0 aliphatic heterocycles. The van der Waals surface area contributed by atoms with E-state index in [2.05, 4.69) is 15.1 Å². The first-order chi connectivity index (χ1) is 15.1. The van der Waals surface area contributed by atoms with Gasteiger partial charge in [-0.15, -0.1) is 0 Å². The van der Waals surface area contributed by atoms with Crippen LogP contribution >= 0.6 is 0 Å². The summed E-state index contributed by atoms with van der Waals surface area (Å²) in [5.41, 5.74) is 15.0. The number of anilines is 1. The van der Waals surface area contributed by atoms with Gasteiger partial charge in [-0.2, -0.15) is 5.10 Å². The van der Waals surface area contributed by atoms with E-state index in [4.69, 9.17) is 16.2 Å². The van der Waals surface area contributed by atoms with Crippen molar-refractivity contribution in [2.75, 3.05) is 18.9 Å². The van der Waals surface area contributed by atoms with Crippen molar-refractivity contribution in [2.24, 2.45) is 5.73 Å². The van der Waals surface area contributed by atoms with Gasteiger partial charge in [0, 0.05) is 29.4 Å². The molecule has 0 bridgehead atoms. The van der Waals surface area contributed by atoms with Crippen molar-refractivity contribution in [3.63, 3.8) is 0 Å². The first kappa shape index (κ1) is 20.2. The Morgan fingerprint density at radius 1 is 0.935 bits per heavy atom. The molecule has 4 N–H and O–H groups in total. The third kappa shape index (κ3) is 4.93. The molecule has 2 aromatic carbocycles. The monoisotopic (exact) mass is 414 g/mol. The highest BCUT2D eigenvalue weighted by atomic mass is 16.5. The summed E-state index contributed by atoms with van der Waals surface area (Å²) in [4.78, 5) is 21.1. The highest BCUT2D eigenvalue weighted by Crippen LogP contribution is 2.20. The van der Waals surface area contributed by atoms with Gasteiger partial charge in [-0.25, -0.2) is 14.6 Å². The van der Waals surface area contributed by atoms with Crippen LogP contribution in [-0.4, -0.2) is 32.9 Å². The number of hydrogen-bond acceptors (Lipinski definition) is 7. The standard InChI is InChI=1S/C23H22N6O2/c24-9-10-31-20-13-26-23(27-14-20)18-5-1-3-16(11-18)15-29-22(30)8-7-21(28-29)17-4-2-6-19(25)12-17/h1-8,11-14H,9-10,15,24-25H2. The molecule has 31 heavy (non-hydrogen) atoms. The first-order valence-electron chi connectivity index (χ1n) is 9.81. The van der Waals surface area contributed by atoms with Crippen LogP contribution in [0.1, 0.15) is 5.56 Å². The molecule has 0 fully saturated rings. The lowest BCUT2D eigenvalue weighted by Gasteiger charge is -2.09. The van der Waals surface area contributed by atoms with Gasteiger partial charge in [-0.3, -0.25) is 4.79 Å². The van der Waals surface area contributed by atoms with Gasteiger partial charge in [-0.1, -0.05) is 30.3 Å². The molecule has 0 radical (unpaired) electrons. The number of aromatic nitrogens is 4. The van der Waals surface area contributed by atoms with E-state index in [-0.39, 0.29) is 5.56 Å². The molecule has 156 valence electrons. The minimum atomic E-state index is -0.185. The third-order valence-electron chi connectivity index (χ3n) is 4.58. The molecule has 8 heteroatoms. The summed E-state index contributed by atoms with van der Waals surface area (Å²) < 4.78 is 6.85. The van der Waals surface area contributed by atoms with Crippen LogP contribution < -0.4 is 21.8 Å².